The van der Waals surface area contributed by atoms with Gasteiger partial charge in [0.2, 0.25) is 5.88 Å². The molecule has 0 aliphatic heterocycles. The number of halogens is 1. The van der Waals surface area contributed by atoms with Crippen LogP contribution in [0.3, 0.4) is 0 Å². The molecular formula is C23H19FN4O3. The topological polar surface area (TPSA) is 89.0 Å². The van der Waals surface area contributed by atoms with E-state index in [0.717, 1.165) is 11.3 Å². The molecule has 8 heteroatoms. The minimum Gasteiger partial charge on any atom is -0.439 e. The van der Waals surface area contributed by atoms with Crippen LogP contribution in [0.1, 0.15) is 21.6 Å². The van der Waals surface area contributed by atoms with E-state index in [1.165, 1.54) is 28.8 Å². The van der Waals surface area contributed by atoms with Crippen LogP contribution in [-0.2, 0) is 6.54 Å². The average molecular weight is 418 g/mol. The number of hydrogen-bond donors (Lipinski definition) is 2. The van der Waals surface area contributed by atoms with Crippen molar-refractivity contribution < 1.29 is 13.9 Å². The lowest BCUT2D eigenvalue weighted by Crippen LogP contribution is -2.23. The summed E-state index contributed by atoms with van der Waals surface area (Å²) in [6.07, 6.45) is 3.21. The van der Waals surface area contributed by atoms with E-state index < -0.39 is 0 Å². The van der Waals surface area contributed by atoms with Crippen LogP contribution in [0.2, 0.25) is 0 Å². The number of pyridine rings is 1. The number of aromatic nitrogens is 3. The maximum Gasteiger partial charge on any atom is 0.330 e. The number of carbonyl (C=O) groups excluding carboxylic acids is 1. The summed E-state index contributed by atoms with van der Waals surface area (Å²) in [4.78, 5) is 31.1. The number of H-pyrrole nitrogens is 1. The second-order valence-corrected chi connectivity index (χ2v) is 6.86. The van der Waals surface area contributed by atoms with Crippen molar-refractivity contribution in [2.45, 2.75) is 13.5 Å². The van der Waals surface area contributed by atoms with Gasteiger partial charge in [-0.2, -0.15) is 0 Å². The number of hydrogen-bond acceptors (Lipinski definition) is 4. The largest absolute Gasteiger partial charge is 0.439 e. The molecule has 31 heavy (non-hydrogen) atoms. The molecule has 0 saturated carbocycles. The first-order valence-electron chi connectivity index (χ1n) is 9.53. The number of rotatable bonds is 6. The first kappa shape index (κ1) is 20.1. The average Bonchev–Trinajstić information content (AvgIpc) is 3.12. The van der Waals surface area contributed by atoms with Crippen molar-refractivity contribution in [1.29, 1.82) is 0 Å². The van der Waals surface area contributed by atoms with Crippen molar-refractivity contribution in [3.8, 4) is 17.3 Å². The third-order valence-electron chi connectivity index (χ3n) is 4.64. The molecule has 0 aliphatic carbocycles. The second kappa shape index (κ2) is 8.66. The quantitative estimate of drug-likeness (QED) is 0.499. The highest BCUT2D eigenvalue weighted by molar-refractivity contribution is 5.94. The number of nitrogens with one attached hydrogen (secondary N) is 2. The Morgan fingerprint density at radius 2 is 1.87 bits per heavy atom. The van der Waals surface area contributed by atoms with E-state index in [1.807, 2.05) is 6.92 Å². The van der Waals surface area contributed by atoms with Gasteiger partial charge in [-0.05, 0) is 67.1 Å². The lowest BCUT2D eigenvalue weighted by atomic mass is 10.2. The molecule has 2 heterocycles. The number of nitrogens with zero attached hydrogens (tertiary/aromatic N) is 2. The Hall–Kier alpha value is -4.20. The predicted octanol–water partition coefficient (Wildman–Crippen LogP) is 3.73. The summed E-state index contributed by atoms with van der Waals surface area (Å²) in [5, 5.41) is 2.84. The highest BCUT2D eigenvalue weighted by Crippen LogP contribution is 2.20. The smallest absolute Gasteiger partial charge is 0.330 e. The molecule has 2 aromatic heterocycles. The lowest BCUT2D eigenvalue weighted by molar-refractivity contribution is 0.0951. The molecule has 0 atom stereocenters. The number of ether oxygens (including phenoxy) is 1. The van der Waals surface area contributed by atoms with Gasteiger partial charge in [0.15, 0.2) is 0 Å². The predicted molar refractivity (Wildman–Crippen MR) is 113 cm³/mol. The first-order chi connectivity index (χ1) is 15.0. The Bertz CT molecular complexity index is 1260. The summed E-state index contributed by atoms with van der Waals surface area (Å²) in [7, 11) is 0. The van der Waals surface area contributed by atoms with Crippen molar-refractivity contribution in [2.24, 2.45) is 0 Å². The SMILES string of the molecule is Cc1c[nH]c(=O)n1-c1ccc(C(=O)NCc2ccnc(Oc3ccc(F)cc3)c2)cc1. The monoisotopic (exact) mass is 418 g/mol. The fourth-order valence-corrected chi connectivity index (χ4v) is 3.06. The second-order valence-electron chi connectivity index (χ2n) is 6.86. The first-order valence-corrected chi connectivity index (χ1v) is 9.53. The summed E-state index contributed by atoms with van der Waals surface area (Å²) in [5.41, 5.74) is 2.50. The van der Waals surface area contributed by atoms with Crippen molar-refractivity contribution in [3.63, 3.8) is 0 Å². The molecule has 0 bridgehead atoms. The Morgan fingerprint density at radius 3 is 2.55 bits per heavy atom. The molecule has 0 fully saturated rings. The number of carbonyl (C=O) groups is 1. The molecule has 0 saturated heterocycles. The van der Waals surface area contributed by atoms with E-state index in [1.54, 1.807) is 48.8 Å². The van der Waals surface area contributed by atoms with E-state index in [-0.39, 0.29) is 24.0 Å². The Kier molecular flexibility index (Phi) is 5.61. The molecule has 2 N–H and O–H groups in total. The maximum absolute atomic E-state index is 13.0. The number of aryl methyl sites for hydroxylation is 1. The number of aromatic amines is 1. The summed E-state index contributed by atoms with van der Waals surface area (Å²) in [5.74, 6) is 0.213. The summed E-state index contributed by atoms with van der Waals surface area (Å²) in [6.45, 7) is 2.10. The van der Waals surface area contributed by atoms with E-state index in [4.69, 9.17) is 4.74 Å². The summed E-state index contributed by atoms with van der Waals surface area (Å²) < 4.78 is 20.1. The molecular weight excluding hydrogens is 399 g/mol. The molecule has 4 aromatic rings. The van der Waals surface area contributed by atoms with Crippen LogP contribution in [-0.4, -0.2) is 20.4 Å². The fourth-order valence-electron chi connectivity index (χ4n) is 3.06. The van der Waals surface area contributed by atoms with Crippen LogP contribution in [0.15, 0.2) is 77.9 Å². The normalized spacial score (nSPS) is 10.6. The number of amides is 1. The van der Waals surface area contributed by atoms with Gasteiger partial charge >= 0.3 is 5.69 Å². The Morgan fingerprint density at radius 1 is 1.13 bits per heavy atom. The van der Waals surface area contributed by atoms with Crippen molar-refractivity contribution in [3.05, 3.63) is 106 Å². The van der Waals surface area contributed by atoms with Gasteiger partial charge in [0.25, 0.3) is 5.91 Å². The molecule has 1 amide bonds. The van der Waals surface area contributed by atoms with Gasteiger partial charge in [-0.25, -0.2) is 14.2 Å². The van der Waals surface area contributed by atoms with Crippen LogP contribution in [0.4, 0.5) is 4.39 Å². The Labute approximate surface area is 177 Å². The summed E-state index contributed by atoms with van der Waals surface area (Å²) >= 11 is 0. The van der Waals surface area contributed by atoms with Crippen LogP contribution < -0.4 is 15.7 Å². The summed E-state index contributed by atoms with van der Waals surface area (Å²) in [6, 6.07) is 15.9. The highest BCUT2D eigenvalue weighted by Gasteiger charge is 2.09. The van der Waals surface area contributed by atoms with Crippen LogP contribution in [0, 0.1) is 12.7 Å². The highest BCUT2D eigenvalue weighted by atomic mass is 19.1. The molecule has 7 nitrogen and oxygen atoms in total. The standard InChI is InChI=1S/C23H19FN4O3/c1-15-13-27-23(30)28(15)19-6-2-17(3-7-19)22(29)26-14-16-10-11-25-21(12-16)31-20-8-4-18(24)5-9-20/h2-13H,14H2,1H3,(H,26,29)(H,27,30). The lowest BCUT2D eigenvalue weighted by Gasteiger charge is -2.09. The molecule has 0 spiro atoms. The van der Waals surface area contributed by atoms with E-state index in [9.17, 15) is 14.0 Å². The minimum absolute atomic E-state index is 0.231. The van der Waals surface area contributed by atoms with Gasteiger partial charge in [0.1, 0.15) is 11.6 Å². The number of benzene rings is 2. The van der Waals surface area contributed by atoms with Crippen molar-refractivity contribution >= 4 is 5.91 Å². The zero-order chi connectivity index (χ0) is 21.8. The fraction of sp³-hybridized carbons (Fsp3) is 0.0870. The van der Waals surface area contributed by atoms with E-state index in [2.05, 4.69) is 15.3 Å². The molecule has 156 valence electrons. The molecule has 0 radical (unpaired) electrons. The number of imidazole rings is 1. The minimum atomic E-state index is -0.347. The van der Waals surface area contributed by atoms with Crippen LogP contribution in [0.25, 0.3) is 5.69 Å². The van der Waals surface area contributed by atoms with Gasteiger partial charge < -0.3 is 15.0 Å². The zero-order valence-corrected chi connectivity index (χ0v) is 16.6. The van der Waals surface area contributed by atoms with Crippen molar-refractivity contribution in [2.75, 3.05) is 0 Å². The molecule has 0 unspecified atom stereocenters. The maximum atomic E-state index is 13.0. The van der Waals surface area contributed by atoms with Crippen LogP contribution >= 0.6 is 0 Å². The molecule has 0 aliphatic rings. The van der Waals surface area contributed by atoms with Gasteiger partial charge in [0, 0.05) is 36.3 Å². The third kappa shape index (κ3) is 4.69. The third-order valence-corrected chi connectivity index (χ3v) is 4.64. The van der Waals surface area contributed by atoms with Gasteiger partial charge in [0.05, 0.1) is 5.69 Å². The van der Waals surface area contributed by atoms with Gasteiger partial charge in [-0.3, -0.25) is 9.36 Å². The van der Waals surface area contributed by atoms with Gasteiger partial charge in [-0.15, -0.1) is 0 Å². The van der Waals surface area contributed by atoms with E-state index >= 15 is 0 Å². The van der Waals surface area contributed by atoms with Crippen molar-refractivity contribution in [1.82, 2.24) is 19.9 Å². The Balaban J connectivity index is 1.39. The van der Waals surface area contributed by atoms with Crippen LogP contribution in [0.5, 0.6) is 11.6 Å². The molecule has 4 rings (SSSR count). The zero-order valence-electron chi connectivity index (χ0n) is 16.6. The van der Waals surface area contributed by atoms with E-state index in [0.29, 0.717) is 22.9 Å². The molecule has 2 aromatic carbocycles. The van der Waals surface area contributed by atoms with Gasteiger partial charge in [-0.1, -0.05) is 0 Å².